The molecule has 3 rings (SSSR count). The Morgan fingerprint density at radius 2 is 1.70 bits per heavy atom. The number of nitrogens with one attached hydrogen (secondary N) is 1. The van der Waals surface area contributed by atoms with E-state index in [0.717, 1.165) is 52.0 Å². The van der Waals surface area contributed by atoms with Gasteiger partial charge in [0.2, 0.25) is 11.8 Å². The number of hydrogen-bond donors (Lipinski definition) is 1. The minimum Gasteiger partial charge on any atom is -0.378 e. The lowest BCUT2D eigenvalue weighted by Crippen LogP contribution is -2.46. The van der Waals surface area contributed by atoms with Crippen LogP contribution in [0.15, 0.2) is 30.3 Å². The number of carbonyl (C=O) groups excluding carboxylic acids is 2. The number of ether oxygens (including phenoxy) is 1. The summed E-state index contributed by atoms with van der Waals surface area (Å²) in [6.07, 6.45) is 3.83. The van der Waals surface area contributed by atoms with E-state index in [9.17, 15) is 9.59 Å². The van der Waals surface area contributed by atoms with Gasteiger partial charge in [-0.2, -0.15) is 0 Å². The van der Waals surface area contributed by atoms with E-state index in [-0.39, 0.29) is 17.9 Å². The second-order valence-electron chi connectivity index (χ2n) is 7.41. The number of aryl methyl sites for hydroxylation is 1. The summed E-state index contributed by atoms with van der Waals surface area (Å²) in [6, 6.07) is 10.4. The molecule has 1 N–H and O–H groups in total. The predicted octanol–water partition coefficient (Wildman–Crippen LogP) is 1.45. The molecule has 2 aliphatic heterocycles. The quantitative estimate of drug-likeness (QED) is 0.786. The molecule has 0 radical (unpaired) electrons. The molecule has 2 amide bonds. The Balaban J connectivity index is 1.29. The second-order valence-corrected chi connectivity index (χ2v) is 7.41. The molecular weight excluding hydrogens is 342 g/mol. The Morgan fingerprint density at radius 3 is 2.41 bits per heavy atom. The number of benzene rings is 1. The van der Waals surface area contributed by atoms with Crippen LogP contribution in [-0.4, -0.2) is 73.6 Å². The lowest BCUT2D eigenvalue weighted by Gasteiger charge is -2.33. The SMILES string of the molecule is O=C(CCc1ccccc1)NC1CCN(CCC(=O)N2CCOCC2)CC1. The van der Waals surface area contributed by atoms with Crippen molar-refractivity contribution >= 4 is 11.8 Å². The first-order valence-electron chi connectivity index (χ1n) is 10.1. The zero-order valence-electron chi connectivity index (χ0n) is 16.1. The van der Waals surface area contributed by atoms with Gasteiger partial charge in [0, 0.05) is 51.6 Å². The van der Waals surface area contributed by atoms with Gasteiger partial charge in [-0.25, -0.2) is 0 Å². The van der Waals surface area contributed by atoms with Crippen LogP contribution < -0.4 is 5.32 Å². The van der Waals surface area contributed by atoms with Crippen molar-refractivity contribution in [2.75, 3.05) is 45.9 Å². The fourth-order valence-corrected chi connectivity index (χ4v) is 3.73. The highest BCUT2D eigenvalue weighted by atomic mass is 16.5. The number of nitrogens with zero attached hydrogens (tertiary/aromatic N) is 2. The molecule has 2 aliphatic rings. The maximum absolute atomic E-state index is 12.2. The molecule has 2 heterocycles. The number of amides is 2. The normalized spacial score (nSPS) is 19.0. The van der Waals surface area contributed by atoms with Gasteiger partial charge >= 0.3 is 0 Å². The van der Waals surface area contributed by atoms with Gasteiger partial charge in [0.25, 0.3) is 0 Å². The number of hydrogen-bond acceptors (Lipinski definition) is 4. The van der Waals surface area contributed by atoms with Crippen LogP contribution in [0, 0.1) is 0 Å². The fraction of sp³-hybridized carbons (Fsp3) is 0.619. The average Bonchev–Trinajstić information content (AvgIpc) is 2.73. The van der Waals surface area contributed by atoms with Crippen LogP contribution in [-0.2, 0) is 20.7 Å². The van der Waals surface area contributed by atoms with Gasteiger partial charge in [-0.3, -0.25) is 9.59 Å². The monoisotopic (exact) mass is 373 g/mol. The molecule has 6 heteroatoms. The first-order chi connectivity index (χ1) is 13.2. The van der Waals surface area contributed by atoms with E-state index < -0.39 is 0 Å². The number of likely N-dealkylation sites (tertiary alicyclic amines) is 1. The van der Waals surface area contributed by atoms with Crippen molar-refractivity contribution in [2.24, 2.45) is 0 Å². The van der Waals surface area contributed by atoms with Crippen LogP contribution in [0.1, 0.15) is 31.2 Å². The number of piperidine rings is 1. The molecule has 1 aromatic rings. The highest BCUT2D eigenvalue weighted by molar-refractivity contribution is 5.77. The molecule has 0 aromatic heterocycles. The minimum atomic E-state index is 0.139. The predicted molar refractivity (Wildman–Crippen MR) is 104 cm³/mol. The summed E-state index contributed by atoms with van der Waals surface area (Å²) >= 11 is 0. The lowest BCUT2D eigenvalue weighted by atomic mass is 10.0. The fourth-order valence-electron chi connectivity index (χ4n) is 3.73. The average molecular weight is 373 g/mol. The van der Waals surface area contributed by atoms with Crippen LogP contribution in [0.3, 0.4) is 0 Å². The summed E-state index contributed by atoms with van der Waals surface area (Å²) < 4.78 is 5.29. The van der Waals surface area contributed by atoms with Crippen LogP contribution in [0.5, 0.6) is 0 Å². The standard InChI is InChI=1S/C21H31N3O3/c25-20(7-6-18-4-2-1-3-5-18)22-19-8-11-23(12-9-19)13-10-21(26)24-14-16-27-17-15-24/h1-5,19H,6-17H2,(H,22,25). The third kappa shape index (κ3) is 6.63. The minimum absolute atomic E-state index is 0.139. The Morgan fingerprint density at radius 1 is 1.00 bits per heavy atom. The van der Waals surface area contributed by atoms with Crippen LogP contribution >= 0.6 is 0 Å². The molecule has 0 unspecified atom stereocenters. The molecule has 0 spiro atoms. The van der Waals surface area contributed by atoms with Gasteiger partial charge < -0.3 is 19.9 Å². The smallest absolute Gasteiger partial charge is 0.224 e. The van der Waals surface area contributed by atoms with E-state index in [1.807, 2.05) is 23.1 Å². The molecule has 1 aromatic carbocycles. The van der Waals surface area contributed by atoms with Crippen molar-refractivity contribution in [1.82, 2.24) is 15.1 Å². The van der Waals surface area contributed by atoms with Gasteiger partial charge in [-0.05, 0) is 24.8 Å². The van der Waals surface area contributed by atoms with Crippen LogP contribution in [0.4, 0.5) is 0 Å². The summed E-state index contributed by atoms with van der Waals surface area (Å²) in [4.78, 5) is 28.6. The van der Waals surface area contributed by atoms with E-state index in [4.69, 9.17) is 4.74 Å². The topological polar surface area (TPSA) is 61.9 Å². The van der Waals surface area contributed by atoms with Gasteiger partial charge in [0.05, 0.1) is 13.2 Å². The van der Waals surface area contributed by atoms with Crippen molar-refractivity contribution in [3.63, 3.8) is 0 Å². The molecule has 27 heavy (non-hydrogen) atoms. The molecule has 0 bridgehead atoms. The number of morpholine rings is 1. The summed E-state index contributed by atoms with van der Waals surface area (Å²) in [5.74, 6) is 0.370. The van der Waals surface area contributed by atoms with Crippen molar-refractivity contribution in [3.05, 3.63) is 35.9 Å². The first-order valence-corrected chi connectivity index (χ1v) is 10.1. The second kappa shape index (κ2) is 10.4. The lowest BCUT2D eigenvalue weighted by molar-refractivity contribution is -0.135. The molecule has 148 valence electrons. The zero-order chi connectivity index (χ0) is 18.9. The number of rotatable bonds is 7. The molecule has 0 atom stereocenters. The molecule has 0 saturated carbocycles. The third-order valence-corrected chi connectivity index (χ3v) is 5.44. The first kappa shape index (κ1) is 19.8. The summed E-state index contributed by atoms with van der Waals surface area (Å²) in [5, 5.41) is 3.17. The van der Waals surface area contributed by atoms with Gasteiger partial charge in [-0.1, -0.05) is 30.3 Å². The number of carbonyl (C=O) groups is 2. The van der Waals surface area contributed by atoms with Crippen LogP contribution in [0.25, 0.3) is 0 Å². The van der Waals surface area contributed by atoms with Crippen LogP contribution in [0.2, 0.25) is 0 Å². The van der Waals surface area contributed by atoms with E-state index in [1.54, 1.807) is 0 Å². The van der Waals surface area contributed by atoms with E-state index >= 15 is 0 Å². The van der Waals surface area contributed by atoms with Crippen molar-refractivity contribution < 1.29 is 14.3 Å². The van der Waals surface area contributed by atoms with Crippen molar-refractivity contribution in [3.8, 4) is 0 Å². The van der Waals surface area contributed by atoms with Crippen molar-refractivity contribution in [1.29, 1.82) is 0 Å². The van der Waals surface area contributed by atoms with Gasteiger partial charge in [-0.15, -0.1) is 0 Å². The summed E-state index contributed by atoms with van der Waals surface area (Å²) in [6.45, 7) is 5.44. The zero-order valence-corrected chi connectivity index (χ0v) is 16.1. The largest absolute Gasteiger partial charge is 0.378 e. The highest BCUT2D eigenvalue weighted by Gasteiger charge is 2.22. The molecular formula is C21H31N3O3. The highest BCUT2D eigenvalue weighted by Crippen LogP contribution is 2.12. The molecule has 0 aliphatic carbocycles. The van der Waals surface area contributed by atoms with Crippen molar-refractivity contribution in [2.45, 2.75) is 38.1 Å². The van der Waals surface area contributed by atoms with E-state index in [2.05, 4.69) is 22.3 Å². The van der Waals surface area contributed by atoms with E-state index in [0.29, 0.717) is 26.1 Å². The molecule has 2 fully saturated rings. The summed E-state index contributed by atoms with van der Waals surface area (Å²) in [5.41, 5.74) is 1.20. The molecule has 6 nitrogen and oxygen atoms in total. The summed E-state index contributed by atoms with van der Waals surface area (Å²) in [7, 11) is 0. The molecule has 2 saturated heterocycles. The maximum atomic E-state index is 12.2. The Bertz CT molecular complexity index is 594. The maximum Gasteiger partial charge on any atom is 0.224 e. The van der Waals surface area contributed by atoms with Gasteiger partial charge in [0.15, 0.2) is 0 Å². The Labute approximate surface area is 161 Å². The third-order valence-electron chi connectivity index (χ3n) is 5.44. The Hall–Kier alpha value is -1.92. The Kier molecular flexibility index (Phi) is 7.66. The van der Waals surface area contributed by atoms with E-state index in [1.165, 1.54) is 5.56 Å². The van der Waals surface area contributed by atoms with Gasteiger partial charge in [0.1, 0.15) is 0 Å².